The molecule has 0 aliphatic rings. The van der Waals surface area contributed by atoms with Gasteiger partial charge in [0.15, 0.2) is 0 Å². The van der Waals surface area contributed by atoms with Crippen LogP contribution in [0, 0.1) is 26.7 Å². The summed E-state index contributed by atoms with van der Waals surface area (Å²) in [6.07, 6.45) is 1.37. The summed E-state index contributed by atoms with van der Waals surface area (Å²) in [5.74, 6) is -0.156. The van der Waals surface area contributed by atoms with Crippen LogP contribution in [-0.2, 0) is 11.2 Å². The zero-order chi connectivity index (χ0) is 13.9. The zero-order valence-corrected chi connectivity index (χ0v) is 11.8. The number of benzene rings is 1. The quantitative estimate of drug-likeness (QED) is 0.872. The molecule has 1 aromatic carbocycles. The van der Waals surface area contributed by atoms with E-state index in [-0.39, 0.29) is 5.92 Å². The van der Waals surface area contributed by atoms with Crippen LogP contribution in [0.2, 0.25) is 0 Å². The van der Waals surface area contributed by atoms with Crippen molar-refractivity contribution in [3.63, 3.8) is 0 Å². The van der Waals surface area contributed by atoms with Gasteiger partial charge in [-0.15, -0.1) is 0 Å². The Bertz CT molecular complexity index is 450. The van der Waals surface area contributed by atoms with Gasteiger partial charge in [-0.25, -0.2) is 0 Å². The fraction of sp³-hybridized carbons (Fsp3) is 0.533. The summed E-state index contributed by atoms with van der Waals surface area (Å²) >= 11 is 0. The van der Waals surface area contributed by atoms with Gasteiger partial charge in [0.1, 0.15) is 5.75 Å². The Morgan fingerprint density at radius 3 is 2.44 bits per heavy atom. The van der Waals surface area contributed by atoms with E-state index < -0.39 is 5.97 Å². The van der Waals surface area contributed by atoms with E-state index in [1.807, 2.05) is 6.92 Å². The molecule has 0 heterocycles. The van der Waals surface area contributed by atoms with Gasteiger partial charge in [0.2, 0.25) is 0 Å². The SMILES string of the molecule is COc1c(C)c(C)cc(C)c1CCC(C)C(=O)O. The Morgan fingerprint density at radius 1 is 1.33 bits per heavy atom. The molecule has 0 spiro atoms. The third kappa shape index (κ3) is 3.03. The van der Waals surface area contributed by atoms with Crippen LogP contribution in [0.3, 0.4) is 0 Å². The van der Waals surface area contributed by atoms with E-state index in [1.165, 1.54) is 11.1 Å². The maximum atomic E-state index is 10.8. The maximum Gasteiger partial charge on any atom is 0.306 e. The molecule has 0 aromatic heterocycles. The molecule has 0 amide bonds. The number of aliphatic carboxylic acids is 1. The summed E-state index contributed by atoms with van der Waals surface area (Å²) in [5.41, 5.74) is 4.65. The summed E-state index contributed by atoms with van der Waals surface area (Å²) in [7, 11) is 1.67. The van der Waals surface area contributed by atoms with Crippen LogP contribution in [0.1, 0.15) is 35.6 Å². The first-order valence-electron chi connectivity index (χ1n) is 6.25. The normalized spacial score (nSPS) is 12.3. The maximum absolute atomic E-state index is 10.8. The minimum Gasteiger partial charge on any atom is -0.496 e. The van der Waals surface area contributed by atoms with Crippen molar-refractivity contribution in [2.45, 2.75) is 40.5 Å². The molecule has 3 nitrogen and oxygen atoms in total. The number of rotatable bonds is 5. The van der Waals surface area contributed by atoms with Crippen molar-refractivity contribution in [3.8, 4) is 5.75 Å². The molecule has 1 rings (SSSR count). The van der Waals surface area contributed by atoms with E-state index in [0.29, 0.717) is 6.42 Å². The highest BCUT2D eigenvalue weighted by Gasteiger charge is 2.16. The van der Waals surface area contributed by atoms with E-state index >= 15 is 0 Å². The average Bonchev–Trinajstić information content (AvgIpc) is 2.31. The number of carbonyl (C=O) groups is 1. The smallest absolute Gasteiger partial charge is 0.306 e. The molecule has 18 heavy (non-hydrogen) atoms. The van der Waals surface area contributed by atoms with Crippen LogP contribution in [0.5, 0.6) is 5.75 Å². The first-order chi connectivity index (χ1) is 8.38. The number of aryl methyl sites for hydroxylation is 2. The van der Waals surface area contributed by atoms with Crippen molar-refractivity contribution < 1.29 is 14.6 Å². The zero-order valence-electron chi connectivity index (χ0n) is 11.8. The van der Waals surface area contributed by atoms with Gasteiger partial charge in [0.25, 0.3) is 0 Å². The molecule has 0 aliphatic heterocycles. The van der Waals surface area contributed by atoms with Crippen LogP contribution < -0.4 is 4.74 Å². The first kappa shape index (κ1) is 14.6. The molecular formula is C15H22O3. The van der Waals surface area contributed by atoms with Crippen molar-refractivity contribution in [2.75, 3.05) is 7.11 Å². The lowest BCUT2D eigenvalue weighted by atomic mass is 9.93. The van der Waals surface area contributed by atoms with Gasteiger partial charge in [-0.1, -0.05) is 13.0 Å². The van der Waals surface area contributed by atoms with E-state index in [4.69, 9.17) is 9.84 Å². The van der Waals surface area contributed by atoms with Crippen LogP contribution in [0.25, 0.3) is 0 Å². The van der Waals surface area contributed by atoms with Crippen LogP contribution in [0.4, 0.5) is 0 Å². The topological polar surface area (TPSA) is 46.5 Å². The largest absolute Gasteiger partial charge is 0.496 e. The van der Waals surface area contributed by atoms with Gasteiger partial charge in [-0.05, 0) is 55.9 Å². The highest BCUT2D eigenvalue weighted by Crippen LogP contribution is 2.31. The Labute approximate surface area is 109 Å². The highest BCUT2D eigenvalue weighted by atomic mass is 16.5. The Kier molecular flexibility index (Phi) is 4.76. The molecule has 1 N–H and O–H groups in total. The van der Waals surface area contributed by atoms with Gasteiger partial charge in [-0.3, -0.25) is 4.79 Å². The molecule has 1 unspecified atom stereocenters. The lowest BCUT2D eigenvalue weighted by molar-refractivity contribution is -0.141. The molecule has 0 saturated carbocycles. The third-order valence-corrected chi connectivity index (χ3v) is 3.57. The van der Waals surface area contributed by atoms with Gasteiger partial charge in [0.05, 0.1) is 13.0 Å². The van der Waals surface area contributed by atoms with Crippen molar-refractivity contribution >= 4 is 5.97 Å². The summed E-state index contributed by atoms with van der Waals surface area (Å²) in [6, 6.07) is 2.14. The average molecular weight is 250 g/mol. The lowest BCUT2D eigenvalue weighted by Crippen LogP contribution is -2.11. The summed E-state index contributed by atoms with van der Waals surface area (Å²) in [6.45, 7) is 7.90. The van der Waals surface area contributed by atoms with Gasteiger partial charge < -0.3 is 9.84 Å². The minimum absolute atomic E-state index is 0.323. The first-order valence-corrected chi connectivity index (χ1v) is 6.25. The Hall–Kier alpha value is -1.51. The van der Waals surface area contributed by atoms with E-state index in [9.17, 15) is 4.79 Å². The molecule has 0 radical (unpaired) electrons. The van der Waals surface area contributed by atoms with Gasteiger partial charge in [-0.2, -0.15) is 0 Å². The second kappa shape index (κ2) is 5.89. The molecule has 0 bridgehead atoms. The number of carboxylic acids is 1. The highest BCUT2D eigenvalue weighted by molar-refractivity contribution is 5.69. The second-order valence-corrected chi connectivity index (χ2v) is 4.93. The second-order valence-electron chi connectivity index (χ2n) is 4.93. The predicted molar refractivity (Wildman–Crippen MR) is 72.3 cm³/mol. The van der Waals surface area contributed by atoms with Crippen LogP contribution >= 0.6 is 0 Å². The molecule has 1 atom stereocenters. The Morgan fingerprint density at radius 2 is 1.94 bits per heavy atom. The summed E-state index contributed by atoms with van der Waals surface area (Å²) in [5, 5.41) is 8.92. The monoisotopic (exact) mass is 250 g/mol. The van der Waals surface area contributed by atoms with E-state index in [0.717, 1.165) is 23.3 Å². The number of hydrogen-bond donors (Lipinski definition) is 1. The minimum atomic E-state index is -0.740. The van der Waals surface area contributed by atoms with Crippen LogP contribution in [-0.4, -0.2) is 18.2 Å². The van der Waals surface area contributed by atoms with Crippen molar-refractivity contribution in [1.82, 2.24) is 0 Å². The molecule has 1 aromatic rings. The standard InChI is InChI=1S/C15H22O3/c1-9(15(16)17)6-7-13-11(3)8-10(2)12(4)14(13)18-5/h8-9H,6-7H2,1-5H3,(H,16,17). The van der Waals surface area contributed by atoms with Gasteiger partial charge >= 0.3 is 5.97 Å². The number of methoxy groups -OCH3 is 1. The molecule has 0 fully saturated rings. The number of hydrogen-bond acceptors (Lipinski definition) is 2. The van der Waals surface area contributed by atoms with Crippen molar-refractivity contribution in [3.05, 3.63) is 28.3 Å². The summed E-state index contributed by atoms with van der Waals surface area (Å²) in [4.78, 5) is 10.8. The molecule has 3 heteroatoms. The molecule has 0 saturated heterocycles. The fourth-order valence-electron chi connectivity index (χ4n) is 2.18. The van der Waals surface area contributed by atoms with E-state index in [2.05, 4.69) is 19.9 Å². The lowest BCUT2D eigenvalue weighted by Gasteiger charge is -2.17. The molecule has 0 aliphatic carbocycles. The van der Waals surface area contributed by atoms with E-state index in [1.54, 1.807) is 14.0 Å². The number of carboxylic acid groups (broad SMARTS) is 1. The molecular weight excluding hydrogens is 228 g/mol. The number of ether oxygens (including phenoxy) is 1. The van der Waals surface area contributed by atoms with Crippen LogP contribution in [0.15, 0.2) is 6.07 Å². The fourth-order valence-corrected chi connectivity index (χ4v) is 2.18. The predicted octanol–water partition coefficient (Wildman–Crippen LogP) is 3.27. The molecule has 100 valence electrons. The summed E-state index contributed by atoms with van der Waals surface area (Å²) < 4.78 is 5.48. The third-order valence-electron chi connectivity index (χ3n) is 3.57. The van der Waals surface area contributed by atoms with Gasteiger partial charge in [0, 0.05) is 0 Å². The van der Waals surface area contributed by atoms with Crippen molar-refractivity contribution in [1.29, 1.82) is 0 Å². The Balaban J connectivity index is 3.01. The van der Waals surface area contributed by atoms with Crippen molar-refractivity contribution in [2.24, 2.45) is 5.92 Å².